The Morgan fingerprint density at radius 3 is 1.57 bits per heavy atom. The Labute approximate surface area is 236 Å². The number of sulfonamides is 2. The average Bonchev–Trinajstić information content (AvgIpc) is 2.96. The van der Waals surface area contributed by atoms with Crippen molar-refractivity contribution in [1.82, 2.24) is 9.44 Å². The number of hydrogen-bond donors (Lipinski definition) is 2. The van der Waals surface area contributed by atoms with Crippen LogP contribution in [0.4, 0.5) is 0 Å². The van der Waals surface area contributed by atoms with Crippen molar-refractivity contribution in [3.63, 3.8) is 0 Å². The molecular weight excluding hydrogens is 556 g/mol. The summed E-state index contributed by atoms with van der Waals surface area (Å²) in [5.41, 5.74) is 2.31. The van der Waals surface area contributed by atoms with E-state index in [1.807, 2.05) is 12.1 Å². The summed E-state index contributed by atoms with van der Waals surface area (Å²) in [7, 11) is -1.27. The number of rotatable bonds is 15. The molecule has 0 bridgehead atoms. The molecule has 3 aromatic carbocycles. The molecule has 3 rings (SSSR count). The molecule has 0 aliphatic heterocycles. The van der Waals surface area contributed by atoms with E-state index < -0.39 is 20.0 Å². The van der Waals surface area contributed by atoms with Crippen LogP contribution in [0.5, 0.6) is 23.0 Å². The minimum Gasteiger partial charge on any atom is -0.493 e. The summed E-state index contributed by atoms with van der Waals surface area (Å²) in [6.07, 6.45) is 2.32. The average molecular weight is 591 g/mol. The lowest BCUT2D eigenvalue weighted by Gasteiger charge is -2.10. The highest BCUT2D eigenvalue weighted by Gasteiger charge is 2.14. The van der Waals surface area contributed by atoms with Crippen molar-refractivity contribution in [2.75, 3.05) is 41.5 Å². The molecule has 216 valence electrons. The summed E-state index contributed by atoms with van der Waals surface area (Å²) in [6.45, 7) is 0.376. The van der Waals surface area contributed by atoms with Gasteiger partial charge in [0.15, 0.2) is 23.0 Å². The van der Waals surface area contributed by atoms with Crippen LogP contribution in [-0.4, -0.2) is 58.4 Å². The second-order valence-corrected chi connectivity index (χ2v) is 12.0. The van der Waals surface area contributed by atoms with E-state index in [-0.39, 0.29) is 18.0 Å². The van der Waals surface area contributed by atoms with Gasteiger partial charge >= 0.3 is 0 Å². The fraction of sp³-hybridized carbons (Fsp3) is 0.286. The van der Waals surface area contributed by atoms with Crippen molar-refractivity contribution in [3.05, 3.63) is 82.8 Å². The van der Waals surface area contributed by atoms with Gasteiger partial charge in [0.05, 0.1) is 33.3 Å². The van der Waals surface area contributed by atoms with Gasteiger partial charge in [0.2, 0.25) is 20.0 Å². The number of benzene rings is 3. The van der Waals surface area contributed by atoms with Crippen molar-refractivity contribution in [2.45, 2.75) is 17.7 Å². The molecule has 0 aliphatic rings. The molecule has 0 aliphatic carbocycles. The molecule has 0 atom stereocenters. The number of hydrogen-bond acceptors (Lipinski definition) is 8. The van der Waals surface area contributed by atoms with Crippen molar-refractivity contribution < 1.29 is 35.8 Å². The zero-order valence-corrected chi connectivity index (χ0v) is 24.5. The van der Waals surface area contributed by atoms with E-state index in [9.17, 15) is 16.8 Å². The first-order chi connectivity index (χ1) is 19.1. The van der Waals surface area contributed by atoms with Gasteiger partial charge < -0.3 is 18.9 Å². The highest BCUT2D eigenvalue weighted by Crippen LogP contribution is 2.28. The molecular formula is C28H34N2O8S2. The van der Waals surface area contributed by atoms with Crippen LogP contribution in [-0.2, 0) is 32.9 Å². The van der Waals surface area contributed by atoms with Gasteiger partial charge in [-0.25, -0.2) is 26.3 Å². The first-order valence-electron chi connectivity index (χ1n) is 12.3. The lowest BCUT2D eigenvalue weighted by atomic mass is 10.1. The fourth-order valence-corrected chi connectivity index (χ4v) is 5.65. The molecule has 10 nitrogen and oxygen atoms in total. The Morgan fingerprint density at radius 1 is 0.625 bits per heavy atom. The Kier molecular flexibility index (Phi) is 11.0. The third-order valence-electron chi connectivity index (χ3n) is 5.95. The largest absolute Gasteiger partial charge is 0.493 e. The van der Waals surface area contributed by atoms with Crippen LogP contribution >= 0.6 is 0 Å². The van der Waals surface area contributed by atoms with Gasteiger partial charge in [-0.15, -0.1) is 0 Å². The van der Waals surface area contributed by atoms with Crippen LogP contribution in [0.25, 0.3) is 6.08 Å². The third kappa shape index (κ3) is 8.71. The lowest BCUT2D eigenvalue weighted by molar-refractivity contribution is 0.354. The van der Waals surface area contributed by atoms with E-state index in [1.165, 1.54) is 32.4 Å². The maximum atomic E-state index is 12.7. The Hall–Kier alpha value is -3.58. The SMILES string of the molecule is COc1ccc(CCNS(=O)(=O)/C=C/c2ccc(S(=O)(=O)NCCc3ccc(OC)c(OC)c3)cc2)cc1OC. The molecule has 0 unspecified atom stereocenters. The number of methoxy groups -OCH3 is 4. The molecule has 0 radical (unpaired) electrons. The molecule has 0 saturated heterocycles. The van der Waals surface area contributed by atoms with E-state index in [2.05, 4.69) is 9.44 Å². The van der Waals surface area contributed by atoms with Crippen LogP contribution < -0.4 is 28.4 Å². The maximum absolute atomic E-state index is 12.7. The van der Waals surface area contributed by atoms with Gasteiger partial charge in [0, 0.05) is 18.5 Å². The second-order valence-electron chi connectivity index (χ2n) is 8.59. The maximum Gasteiger partial charge on any atom is 0.240 e. The minimum absolute atomic E-state index is 0.0767. The Bertz CT molecular complexity index is 1520. The Balaban J connectivity index is 1.52. The van der Waals surface area contributed by atoms with Crippen LogP contribution in [0.3, 0.4) is 0 Å². The van der Waals surface area contributed by atoms with E-state index in [0.29, 0.717) is 41.4 Å². The summed E-state index contributed by atoms with van der Waals surface area (Å²) < 4.78 is 76.2. The number of ether oxygens (including phenoxy) is 4. The van der Waals surface area contributed by atoms with Crippen LogP contribution in [0.2, 0.25) is 0 Å². The Morgan fingerprint density at radius 2 is 1.10 bits per heavy atom. The molecule has 0 spiro atoms. The van der Waals surface area contributed by atoms with Gasteiger partial charge in [-0.1, -0.05) is 24.3 Å². The van der Waals surface area contributed by atoms with E-state index in [4.69, 9.17) is 18.9 Å². The molecule has 40 heavy (non-hydrogen) atoms. The zero-order valence-electron chi connectivity index (χ0n) is 22.8. The van der Waals surface area contributed by atoms with Gasteiger partial charge in [-0.3, -0.25) is 0 Å². The quantitative estimate of drug-likeness (QED) is 0.276. The van der Waals surface area contributed by atoms with Crippen molar-refractivity contribution in [3.8, 4) is 23.0 Å². The summed E-state index contributed by atoms with van der Waals surface area (Å²) in [5.74, 6) is 2.33. The number of nitrogens with one attached hydrogen (secondary N) is 2. The molecule has 2 N–H and O–H groups in total. The van der Waals surface area contributed by atoms with E-state index >= 15 is 0 Å². The standard InChI is InChI=1S/C28H34N2O8S2/c1-35-25-11-7-22(19-27(25)37-3)13-16-29-39(31,32)18-15-21-5-9-24(10-6-21)40(33,34)30-17-14-23-8-12-26(36-2)28(20-23)38-4/h5-12,15,18-20,29-30H,13-14,16-17H2,1-4H3/b18-15+. The molecule has 0 fully saturated rings. The van der Waals surface area contributed by atoms with Crippen molar-refractivity contribution >= 4 is 26.1 Å². The first kappa shape index (κ1) is 31.0. The van der Waals surface area contributed by atoms with Gasteiger partial charge in [0.1, 0.15) is 0 Å². The van der Waals surface area contributed by atoms with Gasteiger partial charge in [0.25, 0.3) is 0 Å². The third-order valence-corrected chi connectivity index (χ3v) is 8.53. The van der Waals surface area contributed by atoms with Crippen LogP contribution in [0.1, 0.15) is 16.7 Å². The molecule has 0 amide bonds. The lowest BCUT2D eigenvalue weighted by Crippen LogP contribution is -2.26. The second kappa shape index (κ2) is 14.2. The topological polar surface area (TPSA) is 129 Å². The monoisotopic (exact) mass is 590 g/mol. The predicted molar refractivity (Wildman–Crippen MR) is 154 cm³/mol. The highest BCUT2D eigenvalue weighted by molar-refractivity contribution is 7.92. The van der Waals surface area contributed by atoms with Crippen molar-refractivity contribution in [2.24, 2.45) is 0 Å². The van der Waals surface area contributed by atoms with Crippen LogP contribution in [0, 0.1) is 0 Å². The molecule has 0 heterocycles. The summed E-state index contributed by atoms with van der Waals surface area (Å²) in [6, 6.07) is 16.7. The summed E-state index contributed by atoms with van der Waals surface area (Å²) in [5, 5.41) is 1.05. The minimum atomic E-state index is -3.74. The van der Waals surface area contributed by atoms with Gasteiger partial charge in [-0.2, -0.15) is 0 Å². The smallest absolute Gasteiger partial charge is 0.240 e. The highest BCUT2D eigenvalue weighted by atomic mass is 32.2. The zero-order chi connectivity index (χ0) is 29.2. The normalized spacial score (nSPS) is 11.9. The van der Waals surface area contributed by atoms with Crippen LogP contribution in [0.15, 0.2) is 71.0 Å². The van der Waals surface area contributed by atoms with E-state index in [1.54, 1.807) is 50.6 Å². The first-order valence-corrected chi connectivity index (χ1v) is 15.3. The molecule has 0 aromatic heterocycles. The van der Waals surface area contributed by atoms with Gasteiger partial charge in [-0.05, 0) is 72.0 Å². The fourth-order valence-electron chi connectivity index (χ4n) is 3.80. The molecule has 12 heteroatoms. The van der Waals surface area contributed by atoms with E-state index in [0.717, 1.165) is 16.5 Å². The molecule has 3 aromatic rings. The predicted octanol–water partition coefficient (Wildman–Crippen LogP) is 3.37. The van der Waals surface area contributed by atoms with Crippen molar-refractivity contribution in [1.29, 1.82) is 0 Å². The summed E-state index contributed by atoms with van der Waals surface area (Å²) in [4.78, 5) is 0.0767. The summed E-state index contributed by atoms with van der Waals surface area (Å²) >= 11 is 0. The molecule has 0 saturated carbocycles.